The molecule has 0 bridgehead atoms. The molecule has 2 heterocycles. The Morgan fingerprint density at radius 1 is 1.32 bits per heavy atom. The lowest BCUT2D eigenvalue weighted by Crippen LogP contribution is -2.23. The van der Waals surface area contributed by atoms with Crippen molar-refractivity contribution < 1.29 is 9.53 Å². The first-order chi connectivity index (χ1) is 9.20. The Morgan fingerprint density at radius 2 is 2.16 bits per heavy atom. The Labute approximate surface area is 111 Å². The molecule has 2 aromatic rings. The lowest BCUT2D eigenvalue weighted by Gasteiger charge is -2.15. The lowest BCUT2D eigenvalue weighted by molar-refractivity contribution is 0.0992. The Kier molecular flexibility index (Phi) is 2.71. The molecule has 0 aliphatic carbocycles. The standard InChI is InChI=1S/C15H14N2O2/c1-10-4-3-5-11(8-10)17-9-12-13(19-2)6-7-16-14(12)15(17)18/h3-8H,9H2,1-2H3. The topological polar surface area (TPSA) is 42.4 Å². The number of pyridine rings is 1. The fraction of sp³-hybridized carbons (Fsp3) is 0.200. The number of aromatic nitrogens is 1. The SMILES string of the molecule is COc1ccnc2c1CN(c1cccc(C)c1)C2=O. The molecule has 4 nitrogen and oxygen atoms in total. The fourth-order valence-corrected chi connectivity index (χ4v) is 2.37. The number of carbonyl (C=O) groups excluding carboxylic acids is 1. The molecule has 0 atom stereocenters. The third-order valence-corrected chi connectivity index (χ3v) is 3.31. The number of anilines is 1. The summed E-state index contributed by atoms with van der Waals surface area (Å²) in [6.45, 7) is 2.52. The first-order valence-corrected chi connectivity index (χ1v) is 6.11. The van der Waals surface area contributed by atoms with Crippen molar-refractivity contribution in [1.29, 1.82) is 0 Å². The van der Waals surface area contributed by atoms with E-state index in [1.807, 2.05) is 31.2 Å². The van der Waals surface area contributed by atoms with Crippen LogP contribution >= 0.6 is 0 Å². The van der Waals surface area contributed by atoms with Crippen LogP contribution in [0.2, 0.25) is 0 Å². The van der Waals surface area contributed by atoms with Gasteiger partial charge < -0.3 is 9.64 Å². The van der Waals surface area contributed by atoms with Crippen LogP contribution in [0.15, 0.2) is 36.5 Å². The summed E-state index contributed by atoms with van der Waals surface area (Å²) in [6, 6.07) is 9.67. The van der Waals surface area contributed by atoms with Gasteiger partial charge in [0.05, 0.1) is 13.7 Å². The van der Waals surface area contributed by atoms with Gasteiger partial charge in [-0.1, -0.05) is 12.1 Å². The van der Waals surface area contributed by atoms with E-state index in [0.29, 0.717) is 18.0 Å². The summed E-state index contributed by atoms with van der Waals surface area (Å²) < 4.78 is 5.29. The van der Waals surface area contributed by atoms with Gasteiger partial charge in [-0.3, -0.25) is 9.78 Å². The highest BCUT2D eigenvalue weighted by atomic mass is 16.5. The zero-order valence-corrected chi connectivity index (χ0v) is 10.9. The second-order valence-corrected chi connectivity index (χ2v) is 4.57. The molecule has 0 radical (unpaired) electrons. The summed E-state index contributed by atoms with van der Waals surface area (Å²) >= 11 is 0. The van der Waals surface area contributed by atoms with Gasteiger partial charge in [-0.25, -0.2) is 0 Å². The average molecular weight is 254 g/mol. The predicted octanol–water partition coefficient (Wildman–Crippen LogP) is 2.56. The number of benzene rings is 1. The van der Waals surface area contributed by atoms with E-state index in [0.717, 1.165) is 16.8 Å². The summed E-state index contributed by atoms with van der Waals surface area (Å²) in [5.74, 6) is 0.646. The molecule has 0 N–H and O–H groups in total. The van der Waals surface area contributed by atoms with E-state index in [1.165, 1.54) is 0 Å². The molecule has 1 aromatic carbocycles. The van der Waals surface area contributed by atoms with Crippen molar-refractivity contribution in [2.75, 3.05) is 12.0 Å². The van der Waals surface area contributed by atoms with Crippen molar-refractivity contribution >= 4 is 11.6 Å². The van der Waals surface area contributed by atoms with Crippen molar-refractivity contribution in [2.45, 2.75) is 13.5 Å². The van der Waals surface area contributed by atoms with Crippen LogP contribution in [0.1, 0.15) is 21.6 Å². The van der Waals surface area contributed by atoms with Gasteiger partial charge in [0.2, 0.25) is 0 Å². The first kappa shape index (κ1) is 11.7. The summed E-state index contributed by atoms with van der Waals surface area (Å²) in [6.07, 6.45) is 1.61. The van der Waals surface area contributed by atoms with Crippen molar-refractivity contribution in [3.05, 3.63) is 53.3 Å². The number of methoxy groups -OCH3 is 1. The maximum absolute atomic E-state index is 12.4. The van der Waals surface area contributed by atoms with Crippen LogP contribution in [0.25, 0.3) is 0 Å². The normalized spacial score (nSPS) is 13.6. The van der Waals surface area contributed by atoms with Gasteiger partial charge in [-0.2, -0.15) is 0 Å². The van der Waals surface area contributed by atoms with Crippen LogP contribution in [-0.4, -0.2) is 18.0 Å². The molecule has 96 valence electrons. The minimum absolute atomic E-state index is 0.0699. The van der Waals surface area contributed by atoms with Gasteiger partial charge in [0.25, 0.3) is 5.91 Å². The van der Waals surface area contributed by atoms with Crippen LogP contribution in [0.4, 0.5) is 5.69 Å². The van der Waals surface area contributed by atoms with Gasteiger partial charge >= 0.3 is 0 Å². The highest BCUT2D eigenvalue weighted by Gasteiger charge is 2.32. The Bertz CT molecular complexity index is 652. The van der Waals surface area contributed by atoms with Crippen molar-refractivity contribution in [3.63, 3.8) is 0 Å². The van der Waals surface area contributed by atoms with E-state index >= 15 is 0 Å². The van der Waals surface area contributed by atoms with E-state index in [1.54, 1.807) is 24.3 Å². The number of hydrogen-bond acceptors (Lipinski definition) is 3. The second-order valence-electron chi connectivity index (χ2n) is 4.57. The molecule has 0 unspecified atom stereocenters. The fourth-order valence-electron chi connectivity index (χ4n) is 2.37. The number of carbonyl (C=O) groups is 1. The largest absolute Gasteiger partial charge is 0.496 e. The number of ether oxygens (including phenoxy) is 1. The smallest absolute Gasteiger partial charge is 0.277 e. The quantitative estimate of drug-likeness (QED) is 0.827. The summed E-state index contributed by atoms with van der Waals surface area (Å²) in [4.78, 5) is 18.3. The van der Waals surface area contributed by atoms with E-state index in [4.69, 9.17) is 4.74 Å². The van der Waals surface area contributed by atoms with Crippen LogP contribution in [-0.2, 0) is 6.54 Å². The number of nitrogens with zero attached hydrogens (tertiary/aromatic N) is 2. The van der Waals surface area contributed by atoms with E-state index in [2.05, 4.69) is 4.98 Å². The summed E-state index contributed by atoms with van der Waals surface area (Å²) in [7, 11) is 1.61. The Balaban J connectivity index is 2.04. The van der Waals surface area contributed by atoms with Crippen molar-refractivity contribution in [1.82, 2.24) is 4.98 Å². The highest BCUT2D eigenvalue weighted by Crippen LogP contribution is 2.32. The van der Waals surface area contributed by atoms with Gasteiger partial charge in [0.1, 0.15) is 11.4 Å². The zero-order chi connectivity index (χ0) is 13.4. The molecule has 1 aliphatic rings. The van der Waals surface area contributed by atoms with Gasteiger partial charge in [-0.15, -0.1) is 0 Å². The van der Waals surface area contributed by atoms with E-state index in [-0.39, 0.29) is 5.91 Å². The van der Waals surface area contributed by atoms with Crippen molar-refractivity contribution in [3.8, 4) is 5.75 Å². The molecule has 3 rings (SSSR count). The third kappa shape index (κ3) is 1.85. The molecule has 4 heteroatoms. The molecule has 1 aromatic heterocycles. The minimum Gasteiger partial charge on any atom is -0.496 e. The van der Waals surface area contributed by atoms with Crippen LogP contribution < -0.4 is 9.64 Å². The third-order valence-electron chi connectivity index (χ3n) is 3.31. The molecule has 0 fully saturated rings. The number of amides is 1. The van der Waals surface area contributed by atoms with E-state index < -0.39 is 0 Å². The molecule has 1 aliphatic heterocycles. The number of hydrogen-bond donors (Lipinski definition) is 0. The number of aryl methyl sites for hydroxylation is 1. The molecule has 19 heavy (non-hydrogen) atoms. The maximum atomic E-state index is 12.4. The molecule has 1 amide bonds. The number of fused-ring (bicyclic) bond motifs is 1. The lowest BCUT2D eigenvalue weighted by atomic mass is 10.2. The molecule has 0 saturated heterocycles. The van der Waals surface area contributed by atoms with Crippen LogP contribution in [0.5, 0.6) is 5.75 Å². The summed E-state index contributed by atoms with van der Waals surface area (Å²) in [5.41, 5.74) is 3.36. The van der Waals surface area contributed by atoms with Gasteiger partial charge in [0, 0.05) is 17.4 Å². The maximum Gasteiger partial charge on any atom is 0.277 e. The van der Waals surface area contributed by atoms with Crippen LogP contribution in [0, 0.1) is 6.92 Å². The van der Waals surface area contributed by atoms with Crippen LogP contribution in [0.3, 0.4) is 0 Å². The first-order valence-electron chi connectivity index (χ1n) is 6.11. The predicted molar refractivity (Wildman–Crippen MR) is 72.5 cm³/mol. The van der Waals surface area contributed by atoms with Gasteiger partial charge in [0.15, 0.2) is 0 Å². The second kappa shape index (κ2) is 4.39. The molecule has 0 spiro atoms. The monoisotopic (exact) mass is 254 g/mol. The Morgan fingerprint density at radius 3 is 2.89 bits per heavy atom. The highest BCUT2D eigenvalue weighted by molar-refractivity contribution is 6.09. The molecule has 0 saturated carbocycles. The van der Waals surface area contributed by atoms with Crippen molar-refractivity contribution in [2.24, 2.45) is 0 Å². The van der Waals surface area contributed by atoms with Gasteiger partial charge in [-0.05, 0) is 30.7 Å². The van der Waals surface area contributed by atoms with E-state index in [9.17, 15) is 4.79 Å². The average Bonchev–Trinajstić information content (AvgIpc) is 2.76. The summed E-state index contributed by atoms with van der Waals surface area (Å²) in [5, 5.41) is 0. The molecular formula is C15H14N2O2. The molecular weight excluding hydrogens is 240 g/mol. The zero-order valence-electron chi connectivity index (χ0n) is 10.9. The Hall–Kier alpha value is -2.36. The minimum atomic E-state index is -0.0699. The number of rotatable bonds is 2.